The number of carbonyl (C=O) groups excluding carboxylic acids is 3. The highest BCUT2D eigenvalue weighted by Gasteiger charge is 2.62. The third kappa shape index (κ3) is 8.75. The number of hydrogen-bond donors (Lipinski definition) is 3. The van der Waals surface area contributed by atoms with E-state index >= 15 is 4.79 Å². The van der Waals surface area contributed by atoms with Crippen molar-refractivity contribution in [1.82, 2.24) is 24.8 Å². The molecule has 4 aliphatic rings. The Hall–Kier alpha value is -4.44. The van der Waals surface area contributed by atoms with Crippen LogP contribution < -0.4 is 19.5 Å². The van der Waals surface area contributed by atoms with E-state index in [-0.39, 0.29) is 31.2 Å². The molecule has 3 heterocycles. The molecule has 2 saturated carbocycles. The minimum absolute atomic E-state index is 0.00165. The molecule has 1 aromatic carbocycles. The normalized spacial score (nSPS) is 29.2. The molecule has 56 heavy (non-hydrogen) atoms. The van der Waals surface area contributed by atoms with E-state index in [9.17, 15) is 27.9 Å². The highest BCUT2D eigenvalue weighted by Crippen LogP contribution is 2.46. The Morgan fingerprint density at radius 2 is 1.80 bits per heavy atom. The quantitative estimate of drug-likeness (QED) is 0.230. The first-order chi connectivity index (χ1) is 26.5. The number of benzene rings is 1. The summed E-state index contributed by atoms with van der Waals surface area (Å²) in [6.45, 7) is 9.74. The molecular weight excluding hydrogens is 743 g/mol. The molecule has 1 saturated heterocycles. The van der Waals surface area contributed by atoms with Crippen LogP contribution in [0.3, 0.4) is 0 Å². The molecular formula is C40H55N5O10S. The molecule has 0 unspecified atom stereocenters. The fourth-order valence-electron chi connectivity index (χ4n) is 8.21. The Balaban J connectivity index is 1.38. The van der Waals surface area contributed by atoms with Crippen molar-refractivity contribution in [2.24, 2.45) is 17.8 Å². The van der Waals surface area contributed by atoms with E-state index < -0.39 is 80.2 Å². The van der Waals surface area contributed by atoms with Crippen LogP contribution in [0, 0.1) is 17.8 Å². The number of nitrogens with zero attached hydrogens (tertiary/aromatic N) is 3. The van der Waals surface area contributed by atoms with Crippen LogP contribution in [0.25, 0.3) is 10.8 Å². The maximum atomic E-state index is 15.0. The minimum Gasteiger partial charge on any atom is -0.489 e. The molecule has 16 heteroatoms. The third-order valence-corrected chi connectivity index (χ3v) is 13.1. The molecule has 0 spiro atoms. The average Bonchev–Trinajstić information content (AvgIpc) is 4.05. The summed E-state index contributed by atoms with van der Waals surface area (Å²) in [5.41, 5.74) is -2.52. The monoisotopic (exact) mass is 797 g/mol. The molecule has 7 atom stereocenters. The topological polar surface area (TPSA) is 194 Å². The molecule has 6 rings (SSSR count). The molecule has 3 fully saturated rings. The number of nitrogens with one attached hydrogen (secondary N) is 2. The van der Waals surface area contributed by atoms with E-state index in [1.165, 1.54) is 9.80 Å². The van der Waals surface area contributed by atoms with Crippen molar-refractivity contribution in [3.63, 3.8) is 0 Å². The summed E-state index contributed by atoms with van der Waals surface area (Å²) in [7, 11) is -2.34. The minimum atomic E-state index is -3.92. The lowest BCUT2D eigenvalue weighted by Crippen LogP contribution is -2.62. The van der Waals surface area contributed by atoms with Crippen LogP contribution in [-0.2, 0) is 29.1 Å². The average molecular weight is 798 g/mol. The number of methoxy groups -OCH3 is 1. The zero-order valence-electron chi connectivity index (χ0n) is 33.0. The van der Waals surface area contributed by atoms with Gasteiger partial charge in [-0.25, -0.2) is 18.2 Å². The van der Waals surface area contributed by atoms with E-state index in [0.717, 1.165) is 11.8 Å². The van der Waals surface area contributed by atoms with Crippen molar-refractivity contribution in [3.8, 4) is 11.6 Å². The summed E-state index contributed by atoms with van der Waals surface area (Å²) in [6.07, 6.45) is 6.34. The first kappa shape index (κ1) is 41.2. The van der Waals surface area contributed by atoms with Gasteiger partial charge in [0.1, 0.15) is 36.1 Å². The van der Waals surface area contributed by atoms with Crippen molar-refractivity contribution >= 4 is 44.6 Å². The van der Waals surface area contributed by atoms with Gasteiger partial charge in [0.15, 0.2) is 0 Å². The van der Waals surface area contributed by atoms with Crippen LogP contribution in [-0.4, -0.2) is 114 Å². The molecule has 2 aliphatic carbocycles. The first-order valence-electron chi connectivity index (χ1n) is 19.5. The van der Waals surface area contributed by atoms with Crippen LogP contribution in [0.4, 0.5) is 4.79 Å². The zero-order valence-corrected chi connectivity index (χ0v) is 33.8. The van der Waals surface area contributed by atoms with E-state index in [0.29, 0.717) is 50.0 Å². The number of aromatic nitrogens is 1. The van der Waals surface area contributed by atoms with Crippen molar-refractivity contribution < 1.29 is 46.9 Å². The number of carbonyl (C=O) groups is 4. The Bertz CT molecular complexity index is 1960. The van der Waals surface area contributed by atoms with Gasteiger partial charge in [-0.05, 0) is 77.2 Å². The van der Waals surface area contributed by atoms with E-state index in [1.54, 1.807) is 34.1 Å². The molecule has 0 bridgehead atoms. The summed E-state index contributed by atoms with van der Waals surface area (Å²) >= 11 is 0. The van der Waals surface area contributed by atoms with Crippen LogP contribution in [0.5, 0.6) is 11.6 Å². The van der Waals surface area contributed by atoms with Crippen LogP contribution in [0.1, 0.15) is 79.6 Å². The number of carboxylic acid groups (broad SMARTS) is 1. The van der Waals surface area contributed by atoms with Gasteiger partial charge in [0.05, 0.1) is 24.6 Å². The van der Waals surface area contributed by atoms with Gasteiger partial charge in [0.2, 0.25) is 27.7 Å². The maximum Gasteiger partial charge on any atom is 0.408 e. The Labute approximate surface area is 328 Å². The van der Waals surface area contributed by atoms with E-state index in [1.807, 2.05) is 43.3 Å². The molecule has 2 aliphatic heterocycles. The third-order valence-electron chi connectivity index (χ3n) is 11.3. The standard InChI is InChI=1S/C40H55N5O10S/c1-24-11-7-8-12-26-21-40(26,37(48)43-56(51,52)28-15-16-28)42-34(46)31-20-27(23-44(31)36(47)33(25(2)19-24)45(38(49)50)39(3,4)5)55-35-30-14-10-9-13-29(30)32(22-41-35)54-18-17-53-6/h8-10,12-14,22,24-28,31,33H,7,11,15-21,23H2,1-6H3,(H,42,46)(H,43,48)(H,49,50)/b12-8-/t24-,25-,26-,27-,31+,33+,40-/m1/s1. The lowest BCUT2D eigenvalue weighted by molar-refractivity contribution is -0.146. The molecule has 0 radical (unpaired) electrons. The molecule has 15 nitrogen and oxygen atoms in total. The predicted octanol–water partition coefficient (Wildman–Crippen LogP) is 4.25. The number of pyridine rings is 1. The number of fused-ring (bicyclic) bond motifs is 3. The number of amides is 4. The first-order valence-corrected chi connectivity index (χ1v) is 21.0. The van der Waals surface area contributed by atoms with Crippen molar-refractivity contribution in [2.45, 2.75) is 114 Å². The van der Waals surface area contributed by atoms with Gasteiger partial charge in [-0.2, -0.15) is 0 Å². The van der Waals surface area contributed by atoms with E-state index in [4.69, 9.17) is 14.2 Å². The molecule has 4 amide bonds. The molecule has 2 aromatic rings. The summed E-state index contributed by atoms with van der Waals surface area (Å²) in [4.78, 5) is 63.5. The second-order valence-electron chi connectivity index (χ2n) is 16.8. The smallest absolute Gasteiger partial charge is 0.408 e. The summed E-state index contributed by atoms with van der Waals surface area (Å²) in [5.74, 6) is -2.03. The number of hydrogen-bond acceptors (Lipinski definition) is 10. The van der Waals surface area contributed by atoms with Gasteiger partial charge in [-0.3, -0.25) is 24.0 Å². The Kier molecular flexibility index (Phi) is 11.9. The van der Waals surface area contributed by atoms with Crippen molar-refractivity contribution in [1.29, 1.82) is 0 Å². The Morgan fingerprint density at radius 1 is 1.09 bits per heavy atom. The van der Waals surface area contributed by atoms with Gasteiger partial charge in [-0.15, -0.1) is 0 Å². The fourth-order valence-corrected chi connectivity index (χ4v) is 9.57. The predicted molar refractivity (Wildman–Crippen MR) is 207 cm³/mol. The summed E-state index contributed by atoms with van der Waals surface area (Å²) < 4.78 is 45.6. The number of sulfonamides is 1. The SMILES string of the molecule is COCCOc1cnc(O[C@@H]2C[C@H]3C(=O)N[C@]4(C(=O)NS(=O)(=O)C5CC5)C[C@H]4/C=C\CC[C@@H](C)C[C@@H](C)[C@H](N(C(=O)O)C(C)(C)C)C(=O)N3C2)c2ccccc12. The number of rotatable bonds is 10. The second-order valence-corrected chi connectivity index (χ2v) is 18.8. The van der Waals surface area contributed by atoms with Gasteiger partial charge >= 0.3 is 6.09 Å². The summed E-state index contributed by atoms with van der Waals surface area (Å²) in [5, 5.41) is 14.2. The van der Waals surface area contributed by atoms with E-state index in [2.05, 4.69) is 21.9 Å². The van der Waals surface area contributed by atoms with Gasteiger partial charge in [0.25, 0.3) is 5.91 Å². The van der Waals surface area contributed by atoms with Crippen molar-refractivity contribution in [2.75, 3.05) is 26.9 Å². The second kappa shape index (κ2) is 16.2. The van der Waals surface area contributed by atoms with Gasteiger partial charge in [0, 0.05) is 35.8 Å². The fraction of sp³-hybridized carbons (Fsp3) is 0.625. The zero-order chi connectivity index (χ0) is 40.6. The van der Waals surface area contributed by atoms with Crippen LogP contribution >= 0.6 is 0 Å². The lowest BCUT2D eigenvalue weighted by Gasteiger charge is -2.43. The van der Waals surface area contributed by atoms with Gasteiger partial charge in [-0.1, -0.05) is 44.2 Å². The van der Waals surface area contributed by atoms with Crippen molar-refractivity contribution in [3.05, 3.63) is 42.6 Å². The number of ether oxygens (including phenoxy) is 3. The molecule has 306 valence electrons. The lowest BCUT2D eigenvalue weighted by atomic mass is 9.85. The highest BCUT2D eigenvalue weighted by atomic mass is 32.2. The summed E-state index contributed by atoms with van der Waals surface area (Å²) in [6, 6.07) is 5.06. The Morgan fingerprint density at radius 3 is 2.46 bits per heavy atom. The largest absolute Gasteiger partial charge is 0.489 e. The van der Waals surface area contributed by atoms with Crippen LogP contribution in [0.15, 0.2) is 42.6 Å². The van der Waals surface area contributed by atoms with Crippen LogP contribution in [0.2, 0.25) is 0 Å². The molecule has 3 N–H and O–H groups in total. The highest BCUT2D eigenvalue weighted by molar-refractivity contribution is 7.91. The molecule has 1 aromatic heterocycles. The van der Waals surface area contributed by atoms with Gasteiger partial charge < -0.3 is 29.5 Å². The number of allylic oxidation sites excluding steroid dienone is 1. The maximum absolute atomic E-state index is 15.0.